The molecule has 0 spiro atoms. The van der Waals surface area contributed by atoms with Gasteiger partial charge in [0.2, 0.25) is 0 Å². The van der Waals surface area contributed by atoms with Crippen LogP contribution in [0, 0.1) is 0 Å². The van der Waals surface area contributed by atoms with E-state index in [0.29, 0.717) is 0 Å². The average molecular weight is 252 g/mol. The Morgan fingerprint density at radius 2 is 2.21 bits per heavy atom. The number of nitrogens with zero attached hydrogens (tertiary/aromatic N) is 2. The zero-order valence-electron chi connectivity index (χ0n) is 8.13. The molecular formula is C11H12BrN2. The number of rotatable bonds is 3. The van der Waals surface area contributed by atoms with Crippen molar-refractivity contribution in [2.24, 2.45) is 5.10 Å². The molecule has 0 bridgehead atoms. The van der Waals surface area contributed by atoms with Crippen LogP contribution in [-0.2, 0) is 0 Å². The number of hydrogen-bond donors (Lipinski definition) is 0. The second kappa shape index (κ2) is 4.13. The first kappa shape index (κ1) is 9.71. The predicted octanol–water partition coefficient (Wildman–Crippen LogP) is 1.90. The topological polar surface area (TPSA) is 26.5 Å². The van der Waals surface area contributed by atoms with E-state index in [4.69, 9.17) is 0 Å². The first-order valence-electron chi connectivity index (χ1n) is 4.88. The number of hydrogen-bond acceptors (Lipinski definition) is 1. The summed E-state index contributed by atoms with van der Waals surface area (Å²) < 4.78 is 1.09. The van der Waals surface area contributed by atoms with Gasteiger partial charge in [0.05, 0.1) is 11.1 Å². The number of benzene rings is 1. The van der Waals surface area contributed by atoms with Crippen molar-refractivity contribution in [1.82, 2.24) is 5.43 Å². The Labute approximate surface area is 91.8 Å². The SMILES string of the molecule is CCCCC1=c2cc(Br)ccc2=N[N]1. The maximum Gasteiger partial charge on any atom is 0.0948 e. The molecule has 14 heavy (non-hydrogen) atoms. The fraction of sp³-hybridized carbons (Fsp3) is 0.364. The predicted molar refractivity (Wildman–Crippen MR) is 60.0 cm³/mol. The van der Waals surface area contributed by atoms with E-state index in [9.17, 15) is 0 Å². The molecule has 1 aromatic rings. The molecular weight excluding hydrogens is 240 g/mol. The van der Waals surface area contributed by atoms with E-state index in [1.807, 2.05) is 12.1 Å². The quantitative estimate of drug-likeness (QED) is 0.785. The van der Waals surface area contributed by atoms with Crippen LogP contribution in [0.4, 0.5) is 0 Å². The summed E-state index contributed by atoms with van der Waals surface area (Å²) in [6, 6.07) is 6.10. The van der Waals surface area contributed by atoms with Gasteiger partial charge in [-0.25, -0.2) is 0 Å². The molecule has 0 aliphatic carbocycles. The first-order valence-corrected chi connectivity index (χ1v) is 5.68. The lowest BCUT2D eigenvalue weighted by Crippen LogP contribution is -2.22. The summed E-state index contributed by atoms with van der Waals surface area (Å²) >= 11 is 3.46. The van der Waals surface area contributed by atoms with Gasteiger partial charge in [0.1, 0.15) is 0 Å². The molecule has 0 aromatic heterocycles. The highest BCUT2D eigenvalue weighted by Crippen LogP contribution is 2.08. The Hall–Kier alpha value is -0.830. The lowest BCUT2D eigenvalue weighted by atomic mass is 10.1. The van der Waals surface area contributed by atoms with Crippen molar-refractivity contribution in [2.75, 3.05) is 0 Å². The zero-order valence-corrected chi connectivity index (χ0v) is 9.71. The third-order valence-corrected chi connectivity index (χ3v) is 2.81. The summed E-state index contributed by atoms with van der Waals surface area (Å²) in [5.41, 5.74) is 5.33. The molecule has 2 nitrogen and oxygen atoms in total. The van der Waals surface area contributed by atoms with Gasteiger partial charge in [-0.15, -0.1) is 0 Å². The third kappa shape index (κ3) is 1.82. The van der Waals surface area contributed by atoms with Crippen LogP contribution in [-0.4, -0.2) is 0 Å². The standard InChI is InChI=1S/C11H12BrN2/c1-2-3-4-10-9-7-8(12)5-6-11(9)14-13-10/h5-7H,2-4H2,1H3. The molecule has 2 rings (SSSR count). The molecule has 1 radical (unpaired) electrons. The summed E-state index contributed by atoms with van der Waals surface area (Å²) in [5, 5.41) is 6.33. The van der Waals surface area contributed by atoms with Crippen molar-refractivity contribution in [3.8, 4) is 0 Å². The smallest absolute Gasteiger partial charge is 0.0948 e. The lowest BCUT2D eigenvalue weighted by Gasteiger charge is -1.97. The summed E-state index contributed by atoms with van der Waals surface area (Å²) in [6.45, 7) is 2.19. The maximum absolute atomic E-state index is 4.20. The highest BCUT2D eigenvalue weighted by molar-refractivity contribution is 9.10. The van der Waals surface area contributed by atoms with Crippen LogP contribution in [0.15, 0.2) is 27.8 Å². The average Bonchev–Trinajstić information content (AvgIpc) is 2.57. The van der Waals surface area contributed by atoms with Gasteiger partial charge in [0.15, 0.2) is 0 Å². The van der Waals surface area contributed by atoms with E-state index in [1.165, 1.54) is 18.1 Å². The van der Waals surface area contributed by atoms with Crippen molar-refractivity contribution in [3.05, 3.63) is 33.2 Å². The second-order valence-corrected chi connectivity index (χ2v) is 4.33. The largest absolute Gasteiger partial charge is 0.154 e. The second-order valence-electron chi connectivity index (χ2n) is 3.41. The molecule has 0 amide bonds. The maximum atomic E-state index is 4.20. The normalized spacial score (nSPS) is 13.4. The van der Waals surface area contributed by atoms with Crippen molar-refractivity contribution >= 4 is 21.6 Å². The minimum Gasteiger partial charge on any atom is -0.154 e. The Kier molecular flexibility index (Phi) is 2.87. The Balaban J connectivity index is 2.43. The van der Waals surface area contributed by atoms with Crippen LogP contribution >= 0.6 is 15.9 Å². The third-order valence-electron chi connectivity index (χ3n) is 2.32. The number of halogens is 1. The van der Waals surface area contributed by atoms with Crippen LogP contribution < -0.4 is 16.0 Å². The van der Waals surface area contributed by atoms with Gasteiger partial charge in [0.25, 0.3) is 0 Å². The summed E-state index contributed by atoms with van der Waals surface area (Å²) in [7, 11) is 0. The highest BCUT2D eigenvalue weighted by Gasteiger charge is 2.07. The van der Waals surface area contributed by atoms with E-state index >= 15 is 0 Å². The van der Waals surface area contributed by atoms with Crippen molar-refractivity contribution < 1.29 is 0 Å². The minimum absolute atomic E-state index is 0.999. The molecule has 1 aliphatic heterocycles. The van der Waals surface area contributed by atoms with Crippen LogP contribution in [0.3, 0.4) is 0 Å². The molecule has 0 atom stereocenters. The summed E-state index contributed by atoms with van der Waals surface area (Å²) in [5.74, 6) is 0. The van der Waals surface area contributed by atoms with Gasteiger partial charge in [-0.2, -0.15) is 10.5 Å². The van der Waals surface area contributed by atoms with E-state index in [-0.39, 0.29) is 0 Å². The van der Waals surface area contributed by atoms with Crippen LogP contribution in [0.5, 0.6) is 0 Å². The van der Waals surface area contributed by atoms with Gasteiger partial charge in [-0.1, -0.05) is 29.3 Å². The van der Waals surface area contributed by atoms with E-state index in [2.05, 4.69) is 39.4 Å². The van der Waals surface area contributed by atoms with Gasteiger partial charge in [-0.05, 0) is 31.0 Å². The molecule has 1 aromatic carbocycles. The van der Waals surface area contributed by atoms with Crippen molar-refractivity contribution in [1.29, 1.82) is 0 Å². The first-order chi connectivity index (χ1) is 6.81. The fourth-order valence-electron chi connectivity index (χ4n) is 1.52. The number of fused-ring (bicyclic) bond motifs is 1. The Bertz CT molecular complexity index is 451. The van der Waals surface area contributed by atoms with Crippen molar-refractivity contribution in [2.45, 2.75) is 26.2 Å². The van der Waals surface area contributed by atoms with Crippen LogP contribution in [0.2, 0.25) is 0 Å². The molecule has 0 fully saturated rings. The molecule has 0 saturated heterocycles. The Morgan fingerprint density at radius 3 is 3.00 bits per heavy atom. The molecule has 1 heterocycles. The van der Waals surface area contributed by atoms with Crippen LogP contribution in [0.1, 0.15) is 26.2 Å². The molecule has 0 saturated carbocycles. The van der Waals surface area contributed by atoms with E-state index < -0.39 is 0 Å². The van der Waals surface area contributed by atoms with E-state index in [1.54, 1.807) is 0 Å². The number of unbranched alkanes of at least 4 members (excludes halogenated alkanes) is 1. The fourth-order valence-corrected chi connectivity index (χ4v) is 1.88. The lowest BCUT2D eigenvalue weighted by molar-refractivity contribution is 0.783. The van der Waals surface area contributed by atoms with Gasteiger partial charge >= 0.3 is 0 Å². The Morgan fingerprint density at radius 1 is 1.36 bits per heavy atom. The minimum atomic E-state index is 0.999. The van der Waals surface area contributed by atoms with E-state index in [0.717, 1.165) is 21.9 Å². The van der Waals surface area contributed by atoms with Crippen molar-refractivity contribution in [3.63, 3.8) is 0 Å². The molecule has 0 N–H and O–H groups in total. The molecule has 1 aliphatic rings. The van der Waals surface area contributed by atoms with Gasteiger partial charge < -0.3 is 0 Å². The zero-order chi connectivity index (χ0) is 9.97. The summed E-state index contributed by atoms with van der Waals surface area (Å²) in [6.07, 6.45) is 3.41. The monoisotopic (exact) mass is 251 g/mol. The molecule has 73 valence electrons. The molecule has 3 heteroatoms. The van der Waals surface area contributed by atoms with Crippen LogP contribution in [0.25, 0.3) is 5.70 Å². The van der Waals surface area contributed by atoms with Gasteiger partial charge in [0, 0.05) is 9.69 Å². The molecule has 0 unspecified atom stereocenters. The van der Waals surface area contributed by atoms with Gasteiger partial charge in [-0.3, -0.25) is 0 Å². The summed E-state index contributed by atoms with van der Waals surface area (Å²) in [4.78, 5) is 0. The highest BCUT2D eigenvalue weighted by atomic mass is 79.9.